The summed E-state index contributed by atoms with van der Waals surface area (Å²) in [5, 5.41) is 16.5. The highest BCUT2D eigenvalue weighted by Gasteiger charge is 2.26. The van der Waals surface area contributed by atoms with E-state index in [9.17, 15) is 18.3 Å². The first kappa shape index (κ1) is 20.6. The Labute approximate surface area is 169 Å². The van der Waals surface area contributed by atoms with Gasteiger partial charge in [0.1, 0.15) is 11.3 Å². The first-order valence-electron chi connectivity index (χ1n) is 8.98. The van der Waals surface area contributed by atoms with Gasteiger partial charge in [-0.05, 0) is 48.7 Å². The summed E-state index contributed by atoms with van der Waals surface area (Å²) in [6.07, 6.45) is 1.59. The Morgan fingerprint density at radius 1 is 1.24 bits per heavy atom. The molecule has 0 aliphatic carbocycles. The molecule has 0 amide bonds. The van der Waals surface area contributed by atoms with Gasteiger partial charge in [-0.1, -0.05) is 19.1 Å². The molecule has 3 aromatic rings. The molecular formula is C21H22N2O5S. The Morgan fingerprint density at radius 2 is 1.97 bits per heavy atom. The van der Waals surface area contributed by atoms with Gasteiger partial charge in [-0.25, -0.2) is 13.5 Å². The zero-order valence-corrected chi connectivity index (χ0v) is 17.4. The average Bonchev–Trinajstić information content (AvgIpc) is 3.07. The number of aromatic nitrogens is 2. The van der Waals surface area contributed by atoms with Gasteiger partial charge in [-0.15, -0.1) is 0 Å². The summed E-state index contributed by atoms with van der Waals surface area (Å²) in [5.41, 5.74) is 2.37. The van der Waals surface area contributed by atoms with Crippen molar-refractivity contribution in [2.45, 2.75) is 25.2 Å². The molecule has 1 aromatic heterocycles. The zero-order valence-electron chi connectivity index (χ0n) is 16.6. The van der Waals surface area contributed by atoms with Crippen molar-refractivity contribution < 1.29 is 23.1 Å². The van der Waals surface area contributed by atoms with E-state index in [1.807, 2.05) is 6.92 Å². The van der Waals surface area contributed by atoms with Crippen LogP contribution in [0.3, 0.4) is 0 Å². The number of aryl methyl sites for hydroxylation is 1. The summed E-state index contributed by atoms with van der Waals surface area (Å²) in [4.78, 5) is 13.3. The van der Waals surface area contributed by atoms with E-state index in [4.69, 9.17) is 4.74 Å². The molecule has 8 heteroatoms. The summed E-state index contributed by atoms with van der Waals surface area (Å²) in [6, 6.07) is 9.89. The van der Waals surface area contributed by atoms with Crippen molar-refractivity contribution in [1.82, 2.24) is 10.2 Å². The molecule has 0 spiro atoms. The summed E-state index contributed by atoms with van der Waals surface area (Å²) >= 11 is 0. The van der Waals surface area contributed by atoms with E-state index in [1.54, 1.807) is 31.2 Å². The first-order chi connectivity index (χ1) is 13.7. The van der Waals surface area contributed by atoms with Crippen molar-refractivity contribution in [2.24, 2.45) is 0 Å². The molecule has 0 saturated heterocycles. The Kier molecular flexibility index (Phi) is 5.48. The van der Waals surface area contributed by atoms with Crippen LogP contribution < -0.4 is 4.74 Å². The minimum atomic E-state index is -3.56. The van der Waals surface area contributed by atoms with Crippen molar-refractivity contribution >= 4 is 15.6 Å². The molecule has 3 rings (SSSR count). The molecule has 0 aliphatic rings. The number of hydrogen-bond acceptors (Lipinski definition) is 6. The fourth-order valence-electron chi connectivity index (χ4n) is 3.38. The van der Waals surface area contributed by atoms with Crippen LogP contribution in [0.4, 0.5) is 0 Å². The normalized spacial score (nSPS) is 11.4. The number of ether oxygens (including phenoxy) is 1. The van der Waals surface area contributed by atoms with Crippen LogP contribution in [-0.2, 0) is 16.3 Å². The Morgan fingerprint density at radius 3 is 2.59 bits per heavy atom. The number of rotatable bonds is 6. The molecule has 2 aromatic carbocycles. The third-order valence-electron chi connectivity index (χ3n) is 4.81. The van der Waals surface area contributed by atoms with Gasteiger partial charge in [0.25, 0.3) is 0 Å². The number of hydrogen-bond donors (Lipinski definition) is 2. The summed E-state index contributed by atoms with van der Waals surface area (Å²) in [7, 11) is -2.04. The summed E-state index contributed by atoms with van der Waals surface area (Å²) in [6.45, 7) is 3.52. The number of H-pyrrole nitrogens is 1. The van der Waals surface area contributed by atoms with Gasteiger partial charge in [0.15, 0.2) is 9.84 Å². The van der Waals surface area contributed by atoms with Crippen molar-refractivity contribution in [3.05, 3.63) is 58.8 Å². The minimum absolute atomic E-state index is 0.0966. The maximum atomic E-state index is 13.2. The number of aromatic hydroxyl groups is 1. The molecule has 0 bridgehead atoms. The summed E-state index contributed by atoms with van der Waals surface area (Å²) in [5.74, 6) is -0.157. The molecule has 0 aliphatic heterocycles. The Hall–Kier alpha value is -3.13. The number of aromatic amines is 1. The molecule has 2 N–H and O–H groups in total. The highest BCUT2D eigenvalue weighted by atomic mass is 32.2. The van der Waals surface area contributed by atoms with Crippen molar-refractivity contribution in [2.75, 3.05) is 13.4 Å². The van der Waals surface area contributed by atoms with E-state index < -0.39 is 15.6 Å². The molecule has 0 fully saturated rings. The van der Waals surface area contributed by atoms with Crippen LogP contribution in [-0.4, -0.2) is 42.9 Å². The quantitative estimate of drug-likeness (QED) is 0.599. The smallest absolute Gasteiger partial charge is 0.218 e. The largest absolute Gasteiger partial charge is 0.497 e. The second-order valence-corrected chi connectivity index (χ2v) is 8.68. The third kappa shape index (κ3) is 3.75. The first-order valence-corrected chi connectivity index (χ1v) is 10.9. The Bertz CT molecular complexity index is 1200. The van der Waals surface area contributed by atoms with E-state index >= 15 is 0 Å². The van der Waals surface area contributed by atoms with Crippen LogP contribution in [0.25, 0.3) is 11.1 Å². The third-order valence-corrected chi connectivity index (χ3v) is 5.95. The van der Waals surface area contributed by atoms with E-state index in [1.165, 1.54) is 19.2 Å². The van der Waals surface area contributed by atoms with Crippen LogP contribution in [0.2, 0.25) is 0 Å². The number of methoxy groups -OCH3 is 1. The highest BCUT2D eigenvalue weighted by Crippen LogP contribution is 2.36. The molecule has 29 heavy (non-hydrogen) atoms. The van der Waals surface area contributed by atoms with Crippen LogP contribution >= 0.6 is 0 Å². The van der Waals surface area contributed by atoms with E-state index in [-0.39, 0.29) is 16.3 Å². The van der Waals surface area contributed by atoms with E-state index in [0.29, 0.717) is 40.1 Å². The number of carbonyl (C=O) groups is 1. The highest BCUT2D eigenvalue weighted by molar-refractivity contribution is 7.90. The van der Waals surface area contributed by atoms with Gasteiger partial charge in [0.05, 0.1) is 17.7 Å². The molecule has 0 saturated carbocycles. The van der Waals surface area contributed by atoms with Gasteiger partial charge in [-0.3, -0.25) is 4.79 Å². The van der Waals surface area contributed by atoms with Crippen LogP contribution in [0, 0.1) is 6.92 Å². The fraction of sp³-hybridized carbons (Fsp3) is 0.238. The Balaban J connectivity index is 2.29. The maximum Gasteiger partial charge on any atom is 0.218 e. The number of nitrogens with one attached hydrogen (secondary N) is 1. The summed E-state index contributed by atoms with van der Waals surface area (Å²) < 4.78 is 30.1. The zero-order chi connectivity index (χ0) is 21.3. The van der Waals surface area contributed by atoms with Gasteiger partial charge in [0, 0.05) is 17.4 Å². The van der Waals surface area contributed by atoms with Crippen LogP contribution in [0.15, 0.2) is 41.3 Å². The number of benzene rings is 2. The monoisotopic (exact) mass is 414 g/mol. The van der Waals surface area contributed by atoms with Crippen molar-refractivity contribution in [3.8, 4) is 22.8 Å². The lowest BCUT2D eigenvalue weighted by Crippen LogP contribution is -2.10. The van der Waals surface area contributed by atoms with E-state index in [0.717, 1.165) is 6.26 Å². The van der Waals surface area contributed by atoms with Crippen LogP contribution in [0.1, 0.15) is 34.1 Å². The predicted molar refractivity (Wildman–Crippen MR) is 109 cm³/mol. The van der Waals surface area contributed by atoms with Gasteiger partial charge >= 0.3 is 0 Å². The number of ketones is 1. The number of nitrogens with zero attached hydrogens (tertiary/aromatic N) is 1. The minimum Gasteiger partial charge on any atom is -0.497 e. The fourth-order valence-corrected chi connectivity index (χ4v) is 4.33. The van der Waals surface area contributed by atoms with Crippen molar-refractivity contribution in [1.29, 1.82) is 0 Å². The molecule has 7 nitrogen and oxygen atoms in total. The number of sulfone groups is 1. The van der Waals surface area contributed by atoms with Gasteiger partial charge < -0.3 is 9.84 Å². The molecule has 0 radical (unpaired) electrons. The molecule has 0 atom stereocenters. The standard InChI is InChI=1S/C21H22N2O5S/c1-5-16-19(21(25)23-22-16)20(24)15-9-10-17(29(4,26)27)18(12(15)2)13-7-6-8-14(11-13)28-3/h6-11H,5H2,1-4H3,(H2,22,23,25). The average molecular weight is 414 g/mol. The van der Waals surface area contributed by atoms with Gasteiger partial charge in [0.2, 0.25) is 11.7 Å². The lowest BCUT2D eigenvalue weighted by Gasteiger charge is -2.16. The van der Waals surface area contributed by atoms with Gasteiger partial charge in [-0.2, -0.15) is 5.10 Å². The topological polar surface area (TPSA) is 109 Å². The molecular weight excluding hydrogens is 392 g/mol. The second-order valence-electron chi connectivity index (χ2n) is 6.69. The maximum absolute atomic E-state index is 13.2. The van der Waals surface area contributed by atoms with Crippen molar-refractivity contribution in [3.63, 3.8) is 0 Å². The van der Waals surface area contributed by atoms with Crippen LogP contribution in [0.5, 0.6) is 11.6 Å². The molecule has 152 valence electrons. The molecule has 0 unspecified atom stereocenters. The lowest BCUT2D eigenvalue weighted by molar-refractivity contribution is 0.103. The lowest BCUT2D eigenvalue weighted by atomic mass is 9.92. The van der Waals surface area contributed by atoms with E-state index in [2.05, 4.69) is 10.2 Å². The predicted octanol–water partition coefficient (Wildman–Crippen LogP) is 3.30. The second kappa shape index (κ2) is 7.71. The SMILES string of the molecule is CCc1n[nH]c(O)c1C(=O)c1ccc(S(C)(=O)=O)c(-c2cccc(OC)c2)c1C. The number of carbonyl (C=O) groups excluding carboxylic acids is 1. The molecule has 1 heterocycles.